The smallest absolute Gasteiger partial charge is 0.317 e. The summed E-state index contributed by atoms with van der Waals surface area (Å²) in [6, 6.07) is 5.81. The number of hydrogen-bond acceptors (Lipinski definition) is 5. The minimum absolute atomic E-state index is 0.0119. The van der Waals surface area contributed by atoms with Gasteiger partial charge >= 0.3 is 6.03 Å². The van der Waals surface area contributed by atoms with Crippen molar-refractivity contribution in [3.05, 3.63) is 42.0 Å². The number of carbonyl (C=O) groups excluding carboxylic acids is 2. The Balaban J connectivity index is 1.19. The molecule has 4 rings (SSSR count). The fourth-order valence-corrected chi connectivity index (χ4v) is 3.93. The number of likely N-dealkylation sites (tertiary alicyclic amines) is 1. The SMILES string of the molecule is O=C(NCCc1coc(-c2ccc(F)cc2)n1)N1CCC(C(=O)N2CCOCC2)CC1. The van der Waals surface area contributed by atoms with Gasteiger partial charge in [0.15, 0.2) is 0 Å². The number of aromatic nitrogens is 1. The molecule has 1 N–H and O–H groups in total. The number of nitrogens with zero attached hydrogens (tertiary/aromatic N) is 3. The Morgan fingerprint density at radius 3 is 2.48 bits per heavy atom. The van der Waals surface area contributed by atoms with Crippen molar-refractivity contribution in [1.82, 2.24) is 20.1 Å². The number of nitrogens with one attached hydrogen (secondary N) is 1. The molecule has 9 heteroatoms. The van der Waals surface area contributed by atoms with E-state index in [2.05, 4.69) is 10.3 Å². The molecule has 31 heavy (non-hydrogen) atoms. The topological polar surface area (TPSA) is 87.9 Å². The summed E-state index contributed by atoms with van der Waals surface area (Å²) in [5.74, 6) is 0.287. The predicted octanol–water partition coefficient (Wildman–Crippen LogP) is 2.30. The van der Waals surface area contributed by atoms with Gasteiger partial charge in [0.1, 0.15) is 12.1 Å². The van der Waals surface area contributed by atoms with Gasteiger partial charge in [0, 0.05) is 50.6 Å². The van der Waals surface area contributed by atoms with Gasteiger partial charge in [0.2, 0.25) is 11.8 Å². The van der Waals surface area contributed by atoms with Crippen LogP contribution in [0, 0.1) is 11.7 Å². The van der Waals surface area contributed by atoms with Crippen LogP contribution in [0.5, 0.6) is 0 Å². The Labute approximate surface area is 180 Å². The molecule has 2 aromatic rings. The summed E-state index contributed by atoms with van der Waals surface area (Å²) in [6.45, 7) is 4.10. The van der Waals surface area contributed by atoms with Gasteiger partial charge in [-0.2, -0.15) is 0 Å². The van der Waals surface area contributed by atoms with E-state index in [0.29, 0.717) is 76.7 Å². The quantitative estimate of drug-likeness (QED) is 0.787. The van der Waals surface area contributed by atoms with Crippen molar-refractivity contribution in [1.29, 1.82) is 0 Å². The first kappa shape index (κ1) is 21.3. The van der Waals surface area contributed by atoms with E-state index in [1.165, 1.54) is 12.1 Å². The number of halogens is 1. The second-order valence-electron chi connectivity index (χ2n) is 7.83. The minimum Gasteiger partial charge on any atom is -0.444 e. The van der Waals surface area contributed by atoms with Crippen LogP contribution in [0.15, 0.2) is 34.9 Å². The maximum absolute atomic E-state index is 13.0. The van der Waals surface area contributed by atoms with E-state index >= 15 is 0 Å². The van der Waals surface area contributed by atoms with Crippen molar-refractivity contribution >= 4 is 11.9 Å². The van der Waals surface area contributed by atoms with Gasteiger partial charge in [0.25, 0.3) is 0 Å². The first-order valence-corrected chi connectivity index (χ1v) is 10.7. The van der Waals surface area contributed by atoms with Crippen LogP contribution in [0.4, 0.5) is 9.18 Å². The molecule has 1 aromatic heterocycles. The van der Waals surface area contributed by atoms with Crippen LogP contribution in [-0.4, -0.2) is 72.7 Å². The summed E-state index contributed by atoms with van der Waals surface area (Å²) in [7, 11) is 0. The lowest BCUT2D eigenvalue weighted by Crippen LogP contribution is -2.49. The van der Waals surface area contributed by atoms with Crippen molar-refractivity contribution in [3.63, 3.8) is 0 Å². The lowest BCUT2D eigenvalue weighted by atomic mass is 9.95. The average Bonchev–Trinajstić information content (AvgIpc) is 3.28. The van der Waals surface area contributed by atoms with Crippen molar-refractivity contribution in [3.8, 4) is 11.5 Å². The molecule has 2 aliphatic heterocycles. The summed E-state index contributed by atoms with van der Waals surface area (Å²) in [5, 5.41) is 2.91. The number of amides is 3. The van der Waals surface area contributed by atoms with E-state index < -0.39 is 0 Å². The van der Waals surface area contributed by atoms with Gasteiger partial charge in [0.05, 0.1) is 18.9 Å². The first-order chi connectivity index (χ1) is 15.1. The van der Waals surface area contributed by atoms with Gasteiger partial charge in [-0.25, -0.2) is 14.2 Å². The first-order valence-electron chi connectivity index (χ1n) is 10.7. The number of carbonyl (C=O) groups is 2. The van der Waals surface area contributed by atoms with Crippen LogP contribution in [0.3, 0.4) is 0 Å². The zero-order chi connectivity index (χ0) is 21.6. The highest BCUT2D eigenvalue weighted by Gasteiger charge is 2.30. The molecule has 0 radical (unpaired) electrons. The fourth-order valence-electron chi connectivity index (χ4n) is 3.93. The van der Waals surface area contributed by atoms with Crippen molar-refractivity contribution in [2.24, 2.45) is 5.92 Å². The summed E-state index contributed by atoms with van der Waals surface area (Å²) in [5.41, 5.74) is 1.42. The molecule has 0 unspecified atom stereocenters. The molecule has 166 valence electrons. The summed E-state index contributed by atoms with van der Waals surface area (Å²) >= 11 is 0. The molecule has 0 atom stereocenters. The molecule has 8 nitrogen and oxygen atoms in total. The van der Waals surface area contributed by atoms with Gasteiger partial charge in [-0.1, -0.05) is 0 Å². The number of oxazole rings is 1. The molecule has 2 aliphatic rings. The van der Waals surface area contributed by atoms with Crippen molar-refractivity contribution < 1.29 is 23.1 Å². The zero-order valence-electron chi connectivity index (χ0n) is 17.4. The van der Waals surface area contributed by atoms with Crippen molar-refractivity contribution in [2.75, 3.05) is 45.9 Å². The Morgan fingerprint density at radius 2 is 1.77 bits per heavy atom. The molecule has 0 saturated carbocycles. The number of urea groups is 1. The lowest BCUT2D eigenvalue weighted by Gasteiger charge is -2.35. The van der Waals surface area contributed by atoms with Crippen LogP contribution < -0.4 is 5.32 Å². The van der Waals surface area contributed by atoms with Crippen LogP contribution in [0.2, 0.25) is 0 Å². The average molecular weight is 430 g/mol. The van der Waals surface area contributed by atoms with Crippen LogP contribution in [-0.2, 0) is 16.0 Å². The molecule has 0 aliphatic carbocycles. The fraction of sp³-hybridized carbons (Fsp3) is 0.500. The normalized spacial score (nSPS) is 17.6. The number of hydrogen-bond donors (Lipinski definition) is 1. The van der Waals surface area contributed by atoms with E-state index in [1.54, 1.807) is 23.3 Å². The molecule has 0 spiro atoms. The highest BCUT2D eigenvalue weighted by Crippen LogP contribution is 2.21. The van der Waals surface area contributed by atoms with Gasteiger partial charge in [-0.05, 0) is 37.1 Å². The highest BCUT2D eigenvalue weighted by atomic mass is 19.1. The minimum atomic E-state index is -0.312. The maximum Gasteiger partial charge on any atom is 0.317 e. The summed E-state index contributed by atoms with van der Waals surface area (Å²) in [4.78, 5) is 33.1. The number of benzene rings is 1. The standard InChI is InChI=1S/C22H27FN4O4/c23-18-3-1-16(2-4-18)20-25-19(15-31-20)5-8-24-22(29)27-9-6-17(7-10-27)21(28)26-11-13-30-14-12-26/h1-4,15,17H,5-14H2,(H,24,29). The molecular formula is C22H27FN4O4. The number of rotatable bonds is 5. The zero-order valence-corrected chi connectivity index (χ0v) is 17.4. The summed E-state index contributed by atoms with van der Waals surface area (Å²) in [6.07, 6.45) is 3.46. The third-order valence-electron chi connectivity index (χ3n) is 5.75. The van der Waals surface area contributed by atoms with Crippen molar-refractivity contribution in [2.45, 2.75) is 19.3 Å². The number of piperidine rings is 1. The number of ether oxygens (including phenoxy) is 1. The number of morpholine rings is 1. The van der Waals surface area contributed by atoms with E-state index in [9.17, 15) is 14.0 Å². The third-order valence-corrected chi connectivity index (χ3v) is 5.75. The lowest BCUT2D eigenvalue weighted by molar-refractivity contribution is -0.141. The predicted molar refractivity (Wildman–Crippen MR) is 111 cm³/mol. The molecule has 1 aromatic carbocycles. The molecular weight excluding hydrogens is 403 g/mol. The molecule has 2 fully saturated rings. The van der Waals surface area contributed by atoms with Gasteiger partial charge in [-0.15, -0.1) is 0 Å². The Kier molecular flexibility index (Phi) is 6.81. The second-order valence-corrected chi connectivity index (χ2v) is 7.83. The summed E-state index contributed by atoms with van der Waals surface area (Å²) < 4.78 is 23.8. The van der Waals surface area contributed by atoms with Gasteiger partial charge in [-0.3, -0.25) is 4.79 Å². The maximum atomic E-state index is 13.0. The Morgan fingerprint density at radius 1 is 1.06 bits per heavy atom. The molecule has 0 bridgehead atoms. The molecule has 3 amide bonds. The van der Waals surface area contributed by atoms with Gasteiger partial charge < -0.3 is 24.3 Å². The molecule has 3 heterocycles. The monoisotopic (exact) mass is 430 g/mol. The van der Waals surface area contributed by atoms with E-state index in [4.69, 9.17) is 9.15 Å². The van der Waals surface area contributed by atoms with Crippen LogP contribution >= 0.6 is 0 Å². The largest absolute Gasteiger partial charge is 0.444 e. The van der Waals surface area contributed by atoms with E-state index in [-0.39, 0.29) is 23.7 Å². The second kappa shape index (κ2) is 9.91. The Hall–Kier alpha value is -2.94. The van der Waals surface area contributed by atoms with E-state index in [1.807, 2.05) is 4.90 Å². The van der Waals surface area contributed by atoms with Crippen LogP contribution in [0.1, 0.15) is 18.5 Å². The van der Waals surface area contributed by atoms with E-state index in [0.717, 1.165) is 5.69 Å². The molecule has 2 saturated heterocycles. The Bertz CT molecular complexity index is 887. The van der Waals surface area contributed by atoms with Crippen LogP contribution in [0.25, 0.3) is 11.5 Å². The highest BCUT2D eigenvalue weighted by molar-refractivity contribution is 5.80. The third kappa shape index (κ3) is 5.41.